The largest absolute Gasteiger partial charge is 0.495 e. The second kappa shape index (κ2) is 9.43. The van der Waals surface area contributed by atoms with Gasteiger partial charge in [0.15, 0.2) is 0 Å². The topological polar surface area (TPSA) is 79.0 Å². The molecule has 0 radical (unpaired) electrons. The monoisotopic (exact) mass is 403 g/mol. The zero-order valence-electron chi connectivity index (χ0n) is 15.2. The molecule has 1 fully saturated rings. The zero-order chi connectivity index (χ0) is 19.2. The standard InChI is InChI=1S/C17H26ClN3O4S/c1-25-16-7-6-14(12-15(16)18)21(26(2,23)24)13-17(22)19-8-5-11-20-9-3-4-10-20/h6-7,12H,3-5,8-11,13H2,1-2H3,(H,19,22). The molecule has 1 aromatic carbocycles. The van der Waals surface area contributed by atoms with E-state index in [1.165, 1.54) is 26.0 Å². The number of halogens is 1. The number of nitrogens with zero attached hydrogens (tertiary/aromatic N) is 2. The van der Waals surface area contributed by atoms with Gasteiger partial charge in [0.1, 0.15) is 12.3 Å². The molecule has 1 heterocycles. The predicted octanol–water partition coefficient (Wildman–Crippen LogP) is 1.72. The van der Waals surface area contributed by atoms with Crippen molar-refractivity contribution in [1.82, 2.24) is 10.2 Å². The summed E-state index contributed by atoms with van der Waals surface area (Å²) in [6.07, 6.45) is 4.38. The Morgan fingerprint density at radius 1 is 1.35 bits per heavy atom. The SMILES string of the molecule is COc1ccc(N(CC(=O)NCCCN2CCCC2)S(C)(=O)=O)cc1Cl. The molecule has 0 bridgehead atoms. The molecule has 1 amide bonds. The van der Waals surface area contributed by atoms with Crippen molar-refractivity contribution in [2.75, 3.05) is 50.4 Å². The lowest BCUT2D eigenvalue weighted by Crippen LogP contribution is -2.41. The van der Waals surface area contributed by atoms with Crippen LogP contribution in [0.4, 0.5) is 5.69 Å². The molecule has 0 aliphatic carbocycles. The summed E-state index contributed by atoms with van der Waals surface area (Å²) in [4.78, 5) is 14.6. The number of sulfonamides is 1. The Morgan fingerprint density at radius 3 is 2.62 bits per heavy atom. The first kappa shape index (κ1) is 20.8. The molecular formula is C17H26ClN3O4S. The van der Waals surface area contributed by atoms with Gasteiger partial charge in [0.05, 0.1) is 24.1 Å². The summed E-state index contributed by atoms with van der Waals surface area (Å²) in [6, 6.07) is 4.61. The van der Waals surface area contributed by atoms with Gasteiger partial charge in [-0.2, -0.15) is 0 Å². The molecule has 9 heteroatoms. The van der Waals surface area contributed by atoms with Gasteiger partial charge in [-0.15, -0.1) is 0 Å². The molecular weight excluding hydrogens is 378 g/mol. The van der Waals surface area contributed by atoms with E-state index in [0.29, 0.717) is 18.0 Å². The molecule has 7 nitrogen and oxygen atoms in total. The average Bonchev–Trinajstić information content (AvgIpc) is 3.09. The molecule has 0 unspecified atom stereocenters. The third kappa shape index (κ3) is 6.03. The molecule has 1 saturated heterocycles. The van der Waals surface area contributed by atoms with Crippen LogP contribution in [-0.4, -0.2) is 65.3 Å². The number of carbonyl (C=O) groups is 1. The van der Waals surface area contributed by atoms with Crippen LogP contribution in [-0.2, 0) is 14.8 Å². The van der Waals surface area contributed by atoms with Gasteiger partial charge in [-0.1, -0.05) is 11.6 Å². The number of hydrogen-bond acceptors (Lipinski definition) is 5. The van der Waals surface area contributed by atoms with E-state index >= 15 is 0 Å². The molecule has 0 atom stereocenters. The number of rotatable bonds is 9. The van der Waals surface area contributed by atoms with Crippen LogP contribution < -0.4 is 14.4 Å². The molecule has 26 heavy (non-hydrogen) atoms. The fourth-order valence-corrected chi connectivity index (χ4v) is 4.03. The normalized spacial score (nSPS) is 15.0. The Hall–Kier alpha value is -1.51. The molecule has 146 valence electrons. The van der Waals surface area contributed by atoms with E-state index in [-0.39, 0.29) is 17.5 Å². The zero-order valence-corrected chi connectivity index (χ0v) is 16.8. The lowest BCUT2D eigenvalue weighted by molar-refractivity contribution is -0.119. The number of amides is 1. The minimum atomic E-state index is -3.63. The van der Waals surface area contributed by atoms with E-state index in [1.54, 1.807) is 12.1 Å². The first-order chi connectivity index (χ1) is 12.3. The summed E-state index contributed by atoms with van der Waals surface area (Å²) in [6.45, 7) is 3.42. The van der Waals surface area contributed by atoms with Crippen molar-refractivity contribution < 1.29 is 17.9 Å². The van der Waals surface area contributed by atoms with E-state index in [2.05, 4.69) is 10.2 Å². The Morgan fingerprint density at radius 2 is 2.04 bits per heavy atom. The van der Waals surface area contributed by atoms with Gasteiger partial charge in [-0.3, -0.25) is 9.10 Å². The van der Waals surface area contributed by atoms with Crippen LogP contribution in [0.3, 0.4) is 0 Å². The van der Waals surface area contributed by atoms with E-state index < -0.39 is 10.0 Å². The van der Waals surface area contributed by atoms with E-state index in [9.17, 15) is 13.2 Å². The lowest BCUT2D eigenvalue weighted by atomic mass is 10.3. The van der Waals surface area contributed by atoms with Gasteiger partial charge >= 0.3 is 0 Å². The Labute approximate surface area is 160 Å². The minimum absolute atomic E-state index is 0.282. The predicted molar refractivity (Wildman–Crippen MR) is 103 cm³/mol. The summed E-state index contributed by atoms with van der Waals surface area (Å²) in [5.41, 5.74) is 0.325. The molecule has 0 saturated carbocycles. The van der Waals surface area contributed by atoms with Crippen LogP contribution >= 0.6 is 11.6 Å². The van der Waals surface area contributed by atoms with Crippen LogP contribution in [0.2, 0.25) is 5.02 Å². The van der Waals surface area contributed by atoms with E-state index in [1.807, 2.05) is 0 Å². The number of benzene rings is 1. The molecule has 2 rings (SSSR count). The summed E-state index contributed by atoms with van der Waals surface area (Å²) < 4.78 is 30.3. The van der Waals surface area contributed by atoms with Crippen LogP contribution in [0, 0.1) is 0 Å². The molecule has 0 aromatic heterocycles. The fraction of sp³-hybridized carbons (Fsp3) is 0.588. The first-order valence-electron chi connectivity index (χ1n) is 8.61. The summed E-state index contributed by atoms with van der Waals surface area (Å²) in [5.74, 6) is 0.0963. The highest BCUT2D eigenvalue weighted by Crippen LogP contribution is 2.30. The van der Waals surface area contributed by atoms with E-state index in [0.717, 1.165) is 36.6 Å². The van der Waals surface area contributed by atoms with Gasteiger partial charge in [-0.25, -0.2) is 8.42 Å². The van der Waals surface area contributed by atoms with Gasteiger partial charge in [-0.05, 0) is 57.1 Å². The molecule has 1 N–H and O–H groups in total. The number of hydrogen-bond donors (Lipinski definition) is 1. The summed E-state index contributed by atoms with van der Waals surface area (Å²) >= 11 is 6.07. The highest BCUT2D eigenvalue weighted by Gasteiger charge is 2.21. The maximum Gasteiger partial charge on any atom is 0.240 e. The minimum Gasteiger partial charge on any atom is -0.495 e. The quantitative estimate of drug-likeness (QED) is 0.635. The smallest absolute Gasteiger partial charge is 0.240 e. The number of ether oxygens (including phenoxy) is 1. The van der Waals surface area contributed by atoms with Gasteiger partial charge in [0.25, 0.3) is 0 Å². The number of carbonyl (C=O) groups excluding carboxylic acids is 1. The number of likely N-dealkylation sites (tertiary alicyclic amines) is 1. The fourth-order valence-electron chi connectivity index (χ4n) is 2.93. The maximum atomic E-state index is 12.2. The lowest BCUT2D eigenvalue weighted by Gasteiger charge is -2.22. The summed E-state index contributed by atoms with van der Waals surface area (Å²) in [7, 11) is -2.15. The second-order valence-corrected chi connectivity index (χ2v) is 8.65. The molecule has 1 aliphatic rings. The van der Waals surface area contributed by atoms with Crippen molar-refractivity contribution in [3.8, 4) is 5.75 Å². The van der Waals surface area contributed by atoms with E-state index in [4.69, 9.17) is 16.3 Å². The van der Waals surface area contributed by atoms with Crippen LogP contribution in [0.1, 0.15) is 19.3 Å². The Bertz CT molecular complexity index is 721. The van der Waals surface area contributed by atoms with Crippen LogP contribution in [0.15, 0.2) is 18.2 Å². The summed E-state index contributed by atoms with van der Waals surface area (Å²) in [5, 5.41) is 3.07. The van der Waals surface area contributed by atoms with Gasteiger partial charge < -0.3 is 15.0 Å². The third-order valence-electron chi connectivity index (χ3n) is 4.28. The molecule has 1 aliphatic heterocycles. The Balaban J connectivity index is 1.92. The highest BCUT2D eigenvalue weighted by atomic mass is 35.5. The second-order valence-electron chi connectivity index (χ2n) is 6.34. The highest BCUT2D eigenvalue weighted by molar-refractivity contribution is 7.92. The van der Waals surface area contributed by atoms with Crippen molar-refractivity contribution in [3.63, 3.8) is 0 Å². The van der Waals surface area contributed by atoms with Crippen LogP contribution in [0.25, 0.3) is 0 Å². The average molecular weight is 404 g/mol. The van der Waals surface area contributed by atoms with Crippen molar-refractivity contribution >= 4 is 33.2 Å². The van der Waals surface area contributed by atoms with Crippen molar-refractivity contribution in [3.05, 3.63) is 23.2 Å². The molecule has 0 spiro atoms. The van der Waals surface area contributed by atoms with Gasteiger partial charge in [0.2, 0.25) is 15.9 Å². The maximum absolute atomic E-state index is 12.2. The number of methoxy groups -OCH3 is 1. The Kier molecular flexibility index (Phi) is 7.55. The number of anilines is 1. The molecule has 1 aromatic rings. The first-order valence-corrected chi connectivity index (χ1v) is 10.8. The van der Waals surface area contributed by atoms with Crippen molar-refractivity contribution in [2.45, 2.75) is 19.3 Å². The van der Waals surface area contributed by atoms with Crippen molar-refractivity contribution in [2.24, 2.45) is 0 Å². The third-order valence-corrected chi connectivity index (χ3v) is 5.72. The number of nitrogens with one attached hydrogen (secondary N) is 1. The van der Waals surface area contributed by atoms with Crippen LogP contribution in [0.5, 0.6) is 5.75 Å². The van der Waals surface area contributed by atoms with Crippen molar-refractivity contribution in [1.29, 1.82) is 0 Å². The van der Waals surface area contributed by atoms with Gasteiger partial charge in [0, 0.05) is 6.54 Å².